The van der Waals surface area contributed by atoms with Crippen LogP contribution in [0.4, 0.5) is 16.4 Å². The van der Waals surface area contributed by atoms with Crippen LogP contribution < -0.4 is 11.1 Å². The second-order valence-electron chi connectivity index (χ2n) is 8.37. The number of aromatic nitrogens is 2. The summed E-state index contributed by atoms with van der Waals surface area (Å²) in [7, 11) is 0. The average molecular weight is 446 g/mol. The molecule has 2 amide bonds. The number of rotatable bonds is 8. The number of carbonyl (C=O) groups excluding carboxylic acids is 1. The summed E-state index contributed by atoms with van der Waals surface area (Å²) in [6.45, 7) is 3.06. The zero-order valence-electron chi connectivity index (χ0n) is 18.5. The van der Waals surface area contributed by atoms with E-state index in [2.05, 4.69) is 10.3 Å². The average Bonchev–Trinajstić information content (AvgIpc) is 2.74. The van der Waals surface area contributed by atoms with Crippen molar-refractivity contribution in [1.82, 2.24) is 14.9 Å². The lowest BCUT2D eigenvalue weighted by Crippen LogP contribution is -2.47. The molecule has 170 valence electrons. The molecule has 4 rings (SSSR count). The molecule has 4 N–H and O–H groups in total. The molecule has 1 aliphatic heterocycles. The van der Waals surface area contributed by atoms with Gasteiger partial charge in [-0.15, -0.1) is 0 Å². The van der Waals surface area contributed by atoms with Crippen LogP contribution >= 0.6 is 0 Å². The first-order valence-corrected chi connectivity index (χ1v) is 10.9. The van der Waals surface area contributed by atoms with E-state index in [4.69, 9.17) is 15.8 Å². The SMILES string of the molecule is Cc1cnc(Nc2ccc(C3CN(C(=O)O)C3)cc2)nc1CCc1ccccc1CC(N)=O. The Balaban J connectivity index is 1.40. The van der Waals surface area contributed by atoms with Crippen molar-refractivity contribution in [3.05, 3.63) is 82.7 Å². The third kappa shape index (κ3) is 5.46. The number of hydrogen-bond acceptors (Lipinski definition) is 5. The molecule has 2 aromatic carbocycles. The van der Waals surface area contributed by atoms with Gasteiger partial charge in [-0.3, -0.25) is 4.79 Å². The Kier molecular flexibility index (Phi) is 6.53. The minimum Gasteiger partial charge on any atom is -0.465 e. The third-order valence-electron chi connectivity index (χ3n) is 5.98. The second-order valence-corrected chi connectivity index (χ2v) is 8.37. The summed E-state index contributed by atoms with van der Waals surface area (Å²) >= 11 is 0. The molecular formula is C25H27N5O3. The molecule has 33 heavy (non-hydrogen) atoms. The van der Waals surface area contributed by atoms with Gasteiger partial charge in [-0.2, -0.15) is 0 Å². The number of nitrogens with two attached hydrogens (primary N) is 1. The highest BCUT2D eigenvalue weighted by Gasteiger charge is 2.31. The number of amides is 2. The van der Waals surface area contributed by atoms with Gasteiger partial charge in [0.15, 0.2) is 0 Å². The number of carboxylic acid groups (broad SMARTS) is 1. The monoisotopic (exact) mass is 445 g/mol. The molecule has 0 atom stereocenters. The first-order chi connectivity index (χ1) is 15.9. The Morgan fingerprint density at radius 2 is 1.79 bits per heavy atom. The summed E-state index contributed by atoms with van der Waals surface area (Å²) in [5.41, 5.74) is 11.4. The molecule has 1 fully saturated rings. The highest BCUT2D eigenvalue weighted by molar-refractivity contribution is 5.77. The Hall–Kier alpha value is -3.94. The van der Waals surface area contributed by atoms with Crippen LogP contribution in [0.2, 0.25) is 0 Å². The van der Waals surface area contributed by atoms with Crippen LogP contribution in [0.3, 0.4) is 0 Å². The normalized spacial score (nSPS) is 13.4. The zero-order chi connectivity index (χ0) is 23.4. The van der Waals surface area contributed by atoms with E-state index in [1.807, 2.05) is 61.7 Å². The van der Waals surface area contributed by atoms with Crippen molar-refractivity contribution in [3.8, 4) is 0 Å². The summed E-state index contributed by atoms with van der Waals surface area (Å²) < 4.78 is 0. The highest BCUT2D eigenvalue weighted by atomic mass is 16.4. The van der Waals surface area contributed by atoms with Crippen LogP contribution in [-0.2, 0) is 24.1 Å². The molecule has 0 aliphatic carbocycles. The molecule has 0 unspecified atom stereocenters. The van der Waals surface area contributed by atoms with E-state index < -0.39 is 6.09 Å². The number of carbonyl (C=O) groups is 2. The van der Waals surface area contributed by atoms with Gasteiger partial charge in [-0.25, -0.2) is 14.8 Å². The number of hydrogen-bond donors (Lipinski definition) is 3. The van der Waals surface area contributed by atoms with Gasteiger partial charge in [-0.1, -0.05) is 36.4 Å². The van der Waals surface area contributed by atoms with Gasteiger partial charge in [0, 0.05) is 36.6 Å². The molecule has 1 aromatic heterocycles. The van der Waals surface area contributed by atoms with Crippen molar-refractivity contribution in [1.29, 1.82) is 0 Å². The molecule has 8 nitrogen and oxygen atoms in total. The van der Waals surface area contributed by atoms with Crippen molar-refractivity contribution in [2.45, 2.75) is 32.1 Å². The van der Waals surface area contributed by atoms with Gasteiger partial charge in [0.25, 0.3) is 0 Å². The highest BCUT2D eigenvalue weighted by Crippen LogP contribution is 2.28. The zero-order valence-corrected chi connectivity index (χ0v) is 18.5. The molecule has 0 spiro atoms. The van der Waals surface area contributed by atoms with E-state index in [0.717, 1.165) is 46.5 Å². The van der Waals surface area contributed by atoms with Gasteiger partial charge in [-0.05, 0) is 54.2 Å². The standard InChI is InChI=1S/C25H27N5O3/c1-16-13-27-24(28-21-9-6-18(7-10-21)20-14-30(15-20)25(32)33)29-22(16)11-8-17-4-2-3-5-19(17)12-23(26)31/h2-7,9-10,13,20H,8,11-12,14-15H2,1H3,(H2,26,31)(H,32,33)(H,27,28,29). The molecule has 2 heterocycles. The first kappa shape index (κ1) is 22.3. The lowest BCUT2D eigenvalue weighted by molar-refractivity contribution is -0.117. The van der Waals surface area contributed by atoms with E-state index in [1.54, 1.807) is 0 Å². The quantitative estimate of drug-likeness (QED) is 0.488. The van der Waals surface area contributed by atoms with Crippen LogP contribution in [0, 0.1) is 6.92 Å². The Morgan fingerprint density at radius 1 is 1.09 bits per heavy atom. The fraction of sp³-hybridized carbons (Fsp3) is 0.280. The molecule has 0 radical (unpaired) electrons. The van der Waals surface area contributed by atoms with E-state index in [-0.39, 0.29) is 18.2 Å². The van der Waals surface area contributed by atoms with Gasteiger partial charge in [0.05, 0.1) is 6.42 Å². The van der Waals surface area contributed by atoms with Crippen LogP contribution in [0.15, 0.2) is 54.7 Å². The van der Waals surface area contributed by atoms with E-state index in [0.29, 0.717) is 19.0 Å². The number of likely N-dealkylation sites (tertiary alicyclic amines) is 1. The number of aryl methyl sites for hydroxylation is 3. The van der Waals surface area contributed by atoms with Gasteiger partial charge in [0.2, 0.25) is 11.9 Å². The predicted octanol–water partition coefficient (Wildman–Crippen LogP) is 3.42. The molecule has 1 aliphatic rings. The molecular weight excluding hydrogens is 418 g/mol. The van der Waals surface area contributed by atoms with Crippen molar-refractivity contribution in [3.63, 3.8) is 0 Å². The summed E-state index contributed by atoms with van der Waals surface area (Å²) in [5.74, 6) is 0.430. The maximum atomic E-state index is 11.4. The minimum absolute atomic E-state index is 0.233. The number of nitrogens with zero attached hydrogens (tertiary/aromatic N) is 3. The molecule has 1 saturated heterocycles. The molecule has 8 heteroatoms. The van der Waals surface area contributed by atoms with E-state index >= 15 is 0 Å². The minimum atomic E-state index is -0.867. The fourth-order valence-corrected chi connectivity index (χ4v) is 4.02. The lowest BCUT2D eigenvalue weighted by Gasteiger charge is -2.37. The summed E-state index contributed by atoms with van der Waals surface area (Å²) in [4.78, 5) is 32.8. The molecule has 0 bridgehead atoms. The van der Waals surface area contributed by atoms with Crippen molar-refractivity contribution in [2.24, 2.45) is 5.73 Å². The lowest BCUT2D eigenvalue weighted by atomic mass is 9.92. The van der Waals surface area contributed by atoms with Crippen molar-refractivity contribution >= 4 is 23.6 Å². The Morgan fingerprint density at radius 3 is 2.45 bits per heavy atom. The summed E-state index contributed by atoms with van der Waals surface area (Å²) in [6.07, 6.45) is 2.65. The van der Waals surface area contributed by atoms with E-state index in [9.17, 15) is 9.59 Å². The maximum Gasteiger partial charge on any atom is 0.407 e. The van der Waals surface area contributed by atoms with Crippen LogP contribution in [0.5, 0.6) is 0 Å². The van der Waals surface area contributed by atoms with Gasteiger partial charge >= 0.3 is 6.09 Å². The number of primary amides is 1. The van der Waals surface area contributed by atoms with Crippen molar-refractivity contribution < 1.29 is 14.7 Å². The molecule has 3 aromatic rings. The second kappa shape index (κ2) is 9.68. The Bertz CT molecular complexity index is 1160. The van der Waals surface area contributed by atoms with Gasteiger partial charge in [0.1, 0.15) is 0 Å². The van der Waals surface area contributed by atoms with Crippen LogP contribution in [0.25, 0.3) is 0 Å². The van der Waals surface area contributed by atoms with Crippen molar-refractivity contribution in [2.75, 3.05) is 18.4 Å². The van der Waals surface area contributed by atoms with Crippen LogP contribution in [-0.4, -0.2) is 45.1 Å². The third-order valence-corrected chi connectivity index (χ3v) is 5.98. The number of benzene rings is 2. The Labute approximate surface area is 192 Å². The first-order valence-electron chi connectivity index (χ1n) is 10.9. The topological polar surface area (TPSA) is 121 Å². The van der Waals surface area contributed by atoms with Crippen LogP contribution in [0.1, 0.15) is 33.9 Å². The number of anilines is 2. The summed E-state index contributed by atoms with van der Waals surface area (Å²) in [6, 6.07) is 15.8. The number of nitrogens with one attached hydrogen (secondary N) is 1. The predicted molar refractivity (Wildman–Crippen MR) is 126 cm³/mol. The largest absolute Gasteiger partial charge is 0.465 e. The fourth-order valence-electron chi connectivity index (χ4n) is 4.02. The van der Waals surface area contributed by atoms with Gasteiger partial charge < -0.3 is 21.1 Å². The maximum absolute atomic E-state index is 11.4. The molecule has 0 saturated carbocycles. The smallest absolute Gasteiger partial charge is 0.407 e. The summed E-state index contributed by atoms with van der Waals surface area (Å²) in [5, 5.41) is 12.2. The van der Waals surface area contributed by atoms with E-state index in [1.165, 1.54) is 4.90 Å².